The molecule has 0 fully saturated rings. The maximum atomic E-state index is 13.8. The number of aryl methyl sites for hydroxylation is 1. The molecule has 2 rings (SSSR count). The van der Waals surface area contributed by atoms with E-state index in [1.807, 2.05) is 13.8 Å². The Bertz CT molecular complexity index is 572. The van der Waals surface area contributed by atoms with Crippen molar-refractivity contribution in [3.05, 3.63) is 40.2 Å². The Morgan fingerprint density at radius 1 is 1.28 bits per heavy atom. The molecule has 3 nitrogen and oxygen atoms in total. The molecule has 5 heteroatoms. The second kappa shape index (κ2) is 5.44. The largest absolute Gasteiger partial charge is 0.354 e. The molecular formula is C13H13BrFN3. The fraction of sp³-hybridized carbons (Fsp3) is 0.231. The molecule has 0 saturated heterocycles. The number of aromatic nitrogens is 2. The predicted molar refractivity (Wildman–Crippen MR) is 74.0 cm³/mol. The third kappa shape index (κ3) is 2.85. The lowest BCUT2D eigenvalue weighted by Gasteiger charge is -2.08. The molecule has 0 spiro atoms. The number of rotatable bonds is 3. The first-order chi connectivity index (χ1) is 8.60. The smallest absolute Gasteiger partial charge is 0.223 e. The van der Waals surface area contributed by atoms with Crippen molar-refractivity contribution in [2.45, 2.75) is 13.8 Å². The van der Waals surface area contributed by atoms with Crippen molar-refractivity contribution >= 4 is 21.9 Å². The summed E-state index contributed by atoms with van der Waals surface area (Å²) >= 11 is 3.34. The van der Waals surface area contributed by atoms with E-state index in [0.717, 1.165) is 16.7 Å². The molecule has 1 aromatic heterocycles. The van der Waals surface area contributed by atoms with E-state index >= 15 is 0 Å². The van der Waals surface area contributed by atoms with E-state index in [-0.39, 0.29) is 5.82 Å². The van der Waals surface area contributed by atoms with Crippen LogP contribution >= 0.6 is 15.9 Å². The molecule has 0 unspecified atom stereocenters. The third-order valence-electron chi connectivity index (χ3n) is 2.39. The van der Waals surface area contributed by atoms with Gasteiger partial charge in [0.25, 0.3) is 0 Å². The van der Waals surface area contributed by atoms with Crippen LogP contribution in [0.15, 0.2) is 28.7 Å². The van der Waals surface area contributed by atoms with Crippen molar-refractivity contribution in [2.75, 3.05) is 11.9 Å². The van der Waals surface area contributed by atoms with Crippen LogP contribution in [-0.4, -0.2) is 16.5 Å². The number of anilines is 1. The van der Waals surface area contributed by atoms with Crippen molar-refractivity contribution in [1.29, 1.82) is 0 Å². The van der Waals surface area contributed by atoms with Crippen molar-refractivity contribution < 1.29 is 4.39 Å². The molecule has 0 aliphatic rings. The Kier molecular flexibility index (Phi) is 3.91. The Morgan fingerprint density at radius 2 is 2.06 bits per heavy atom. The molecule has 1 aromatic carbocycles. The van der Waals surface area contributed by atoms with Crippen LogP contribution in [0, 0.1) is 12.7 Å². The summed E-state index contributed by atoms with van der Waals surface area (Å²) in [5, 5.41) is 3.04. The molecule has 0 bridgehead atoms. The lowest BCUT2D eigenvalue weighted by atomic mass is 10.1. The molecule has 2 aromatic rings. The van der Waals surface area contributed by atoms with Crippen molar-refractivity contribution in [3.8, 4) is 11.3 Å². The quantitative estimate of drug-likeness (QED) is 0.937. The van der Waals surface area contributed by atoms with Gasteiger partial charge >= 0.3 is 0 Å². The topological polar surface area (TPSA) is 37.8 Å². The highest BCUT2D eigenvalue weighted by Crippen LogP contribution is 2.25. The molecule has 94 valence electrons. The van der Waals surface area contributed by atoms with Gasteiger partial charge in [-0.05, 0) is 38.1 Å². The minimum absolute atomic E-state index is 0.293. The van der Waals surface area contributed by atoms with E-state index in [2.05, 4.69) is 31.2 Å². The van der Waals surface area contributed by atoms with Gasteiger partial charge in [-0.15, -0.1) is 0 Å². The first-order valence-corrected chi connectivity index (χ1v) is 6.44. The van der Waals surface area contributed by atoms with Crippen LogP contribution in [0.5, 0.6) is 0 Å². The summed E-state index contributed by atoms with van der Waals surface area (Å²) in [7, 11) is 0. The van der Waals surface area contributed by atoms with Crippen molar-refractivity contribution in [3.63, 3.8) is 0 Å². The highest BCUT2D eigenvalue weighted by atomic mass is 79.9. The van der Waals surface area contributed by atoms with Crippen LogP contribution in [-0.2, 0) is 0 Å². The average molecular weight is 310 g/mol. The molecule has 0 radical (unpaired) electrons. The molecule has 0 amide bonds. The Morgan fingerprint density at radius 3 is 2.78 bits per heavy atom. The van der Waals surface area contributed by atoms with E-state index in [9.17, 15) is 4.39 Å². The Labute approximate surface area is 114 Å². The van der Waals surface area contributed by atoms with E-state index in [4.69, 9.17) is 0 Å². The van der Waals surface area contributed by atoms with Crippen LogP contribution in [0.2, 0.25) is 0 Å². The van der Waals surface area contributed by atoms with E-state index in [1.165, 1.54) is 6.07 Å². The van der Waals surface area contributed by atoms with E-state index in [0.29, 0.717) is 17.2 Å². The normalized spacial score (nSPS) is 10.4. The summed E-state index contributed by atoms with van der Waals surface area (Å²) in [4.78, 5) is 8.56. The number of benzene rings is 1. The van der Waals surface area contributed by atoms with Gasteiger partial charge in [0.2, 0.25) is 5.95 Å². The monoisotopic (exact) mass is 309 g/mol. The molecule has 0 aliphatic carbocycles. The summed E-state index contributed by atoms with van der Waals surface area (Å²) in [5.74, 6) is 0.227. The number of hydrogen-bond donors (Lipinski definition) is 1. The van der Waals surface area contributed by atoms with Gasteiger partial charge in [0.15, 0.2) is 0 Å². The zero-order chi connectivity index (χ0) is 13.1. The van der Waals surface area contributed by atoms with E-state index < -0.39 is 0 Å². The van der Waals surface area contributed by atoms with Gasteiger partial charge in [-0.2, -0.15) is 0 Å². The molecule has 1 heterocycles. The first-order valence-electron chi connectivity index (χ1n) is 5.65. The van der Waals surface area contributed by atoms with Crippen LogP contribution in [0.4, 0.5) is 10.3 Å². The highest BCUT2D eigenvalue weighted by molar-refractivity contribution is 9.10. The van der Waals surface area contributed by atoms with Gasteiger partial charge < -0.3 is 5.32 Å². The fourth-order valence-corrected chi connectivity index (χ4v) is 2.00. The number of hydrogen-bond acceptors (Lipinski definition) is 3. The van der Waals surface area contributed by atoms with Gasteiger partial charge in [0.05, 0.1) is 5.69 Å². The SMILES string of the molecule is CCNc1nc(C)cc(-c2cc(Br)ccc2F)n1. The maximum Gasteiger partial charge on any atom is 0.223 e. The molecular weight excluding hydrogens is 297 g/mol. The lowest BCUT2D eigenvalue weighted by Crippen LogP contribution is -2.04. The average Bonchev–Trinajstić information content (AvgIpc) is 2.32. The van der Waals surface area contributed by atoms with E-state index in [1.54, 1.807) is 18.2 Å². The fourth-order valence-electron chi connectivity index (χ4n) is 1.64. The van der Waals surface area contributed by atoms with Crippen molar-refractivity contribution in [1.82, 2.24) is 9.97 Å². The summed E-state index contributed by atoms with van der Waals surface area (Å²) in [5.41, 5.74) is 1.85. The minimum atomic E-state index is -0.293. The van der Waals surface area contributed by atoms with Gasteiger partial charge in [0.1, 0.15) is 5.82 Å². The van der Waals surface area contributed by atoms with Gasteiger partial charge in [-0.25, -0.2) is 14.4 Å². The first kappa shape index (κ1) is 13.0. The zero-order valence-corrected chi connectivity index (χ0v) is 11.8. The summed E-state index contributed by atoms with van der Waals surface area (Å²) < 4.78 is 14.6. The predicted octanol–water partition coefficient (Wildman–Crippen LogP) is 3.79. The second-order valence-corrected chi connectivity index (χ2v) is 4.79. The Balaban J connectivity index is 2.52. The zero-order valence-electron chi connectivity index (χ0n) is 10.2. The summed E-state index contributed by atoms with van der Waals surface area (Å²) in [6.45, 7) is 4.55. The van der Waals surface area contributed by atoms with Crippen molar-refractivity contribution in [2.24, 2.45) is 0 Å². The molecule has 18 heavy (non-hydrogen) atoms. The van der Waals surface area contributed by atoms with Crippen LogP contribution in [0.3, 0.4) is 0 Å². The molecule has 0 atom stereocenters. The van der Waals surface area contributed by atoms with Gasteiger partial charge in [0, 0.05) is 22.3 Å². The molecule has 0 saturated carbocycles. The Hall–Kier alpha value is -1.49. The lowest BCUT2D eigenvalue weighted by molar-refractivity contribution is 0.630. The number of nitrogens with one attached hydrogen (secondary N) is 1. The highest BCUT2D eigenvalue weighted by Gasteiger charge is 2.09. The molecule has 0 aliphatic heterocycles. The molecule has 1 N–H and O–H groups in total. The number of nitrogens with zero attached hydrogens (tertiary/aromatic N) is 2. The maximum absolute atomic E-state index is 13.8. The number of halogens is 2. The summed E-state index contributed by atoms with van der Waals surface area (Å²) in [6.07, 6.45) is 0. The van der Waals surface area contributed by atoms with Gasteiger partial charge in [-0.1, -0.05) is 15.9 Å². The second-order valence-electron chi connectivity index (χ2n) is 3.87. The van der Waals surface area contributed by atoms with Crippen LogP contribution in [0.1, 0.15) is 12.6 Å². The van der Waals surface area contributed by atoms with Gasteiger partial charge in [-0.3, -0.25) is 0 Å². The van der Waals surface area contributed by atoms with Crippen LogP contribution in [0.25, 0.3) is 11.3 Å². The minimum Gasteiger partial charge on any atom is -0.354 e. The summed E-state index contributed by atoms with van der Waals surface area (Å²) in [6, 6.07) is 6.57. The van der Waals surface area contributed by atoms with Crippen LogP contribution < -0.4 is 5.32 Å². The standard InChI is InChI=1S/C13H13BrFN3/c1-3-16-13-17-8(2)6-12(18-13)10-7-9(14)4-5-11(10)15/h4-7H,3H2,1-2H3,(H,16,17,18). The third-order valence-corrected chi connectivity index (χ3v) is 2.89.